The third-order valence-corrected chi connectivity index (χ3v) is 4.04. The Morgan fingerprint density at radius 1 is 1.61 bits per heavy atom. The van der Waals surface area contributed by atoms with E-state index in [9.17, 15) is 14.6 Å². The highest BCUT2D eigenvalue weighted by molar-refractivity contribution is 5.86. The summed E-state index contributed by atoms with van der Waals surface area (Å²) in [4.78, 5) is 10.4. The molecule has 2 aromatic heterocycles. The van der Waals surface area contributed by atoms with Crippen LogP contribution in [0.25, 0.3) is 21.5 Å². The summed E-state index contributed by atoms with van der Waals surface area (Å²) in [6, 6.07) is 0. The molecule has 0 aliphatic carbocycles. The maximum Gasteiger partial charge on any atom is 0.154 e. The van der Waals surface area contributed by atoms with Gasteiger partial charge >= 0.3 is 0 Å². The van der Waals surface area contributed by atoms with Crippen LogP contribution in [0.5, 0.6) is 0 Å². The minimum atomic E-state index is -1.47. The number of rotatable bonds is 3. The molecule has 0 radical (unpaired) electrons. The van der Waals surface area contributed by atoms with Crippen LogP contribution >= 0.6 is 0 Å². The largest absolute Gasteiger partial charge is 0.394 e. The van der Waals surface area contributed by atoms with Crippen molar-refractivity contribution in [2.24, 2.45) is 5.11 Å². The number of halogens is 1. The summed E-state index contributed by atoms with van der Waals surface area (Å²) in [6.07, 6.45) is -1.11. The molecule has 0 saturated carbocycles. The van der Waals surface area contributed by atoms with Crippen molar-refractivity contribution in [2.45, 2.75) is 30.9 Å². The molecule has 1 aliphatic rings. The minimum Gasteiger partial charge on any atom is -0.394 e. The predicted molar refractivity (Wildman–Crippen MR) is 76.5 cm³/mol. The van der Waals surface area contributed by atoms with E-state index in [1.165, 1.54) is 11.5 Å². The van der Waals surface area contributed by atoms with Crippen molar-refractivity contribution in [3.8, 4) is 0 Å². The van der Waals surface area contributed by atoms with Crippen molar-refractivity contribution in [3.63, 3.8) is 0 Å². The van der Waals surface area contributed by atoms with E-state index < -0.39 is 36.4 Å². The van der Waals surface area contributed by atoms with E-state index in [-0.39, 0.29) is 16.9 Å². The van der Waals surface area contributed by atoms with E-state index in [1.807, 2.05) is 0 Å². The second kappa shape index (κ2) is 5.32. The molecule has 0 amide bonds. The van der Waals surface area contributed by atoms with Crippen molar-refractivity contribution < 1.29 is 19.3 Å². The van der Waals surface area contributed by atoms with Crippen molar-refractivity contribution in [1.82, 2.24) is 14.5 Å². The molecule has 122 valence electrons. The van der Waals surface area contributed by atoms with Gasteiger partial charge < -0.3 is 25.3 Å². The first-order chi connectivity index (χ1) is 10.9. The summed E-state index contributed by atoms with van der Waals surface area (Å²) in [5.74, 6) is -0.721. The Kier molecular flexibility index (Phi) is 3.57. The zero-order chi connectivity index (χ0) is 16.8. The van der Waals surface area contributed by atoms with Crippen LogP contribution in [0.3, 0.4) is 0 Å². The van der Waals surface area contributed by atoms with Crippen LogP contribution < -0.4 is 5.73 Å². The zero-order valence-corrected chi connectivity index (χ0v) is 12.0. The molecular weight excluding hydrogens is 309 g/mol. The Morgan fingerprint density at radius 3 is 3.00 bits per heavy atom. The summed E-state index contributed by atoms with van der Waals surface area (Å²) in [6.45, 7) is 0.957. The fourth-order valence-corrected chi connectivity index (χ4v) is 2.84. The number of nitrogen functional groups attached to an aromatic ring is 1. The maximum absolute atomic E-state index is 14.2. The quantitative estimate of drug-likeness (QED) is 0.423. The minimum absolute atomic E-state index is 0.00123. The van der Waals surface area contributed by atoms with Crippen molar-refractivity contribution in [3.05, 3.63) is 28.8 Å². The van der Waals surface area contributed by atoms with Crippen LogP contribution in [-0.2, 0) is 4.74 Å². The summed E-state index contributed by atoms with van der Waals surface area (Å²) in [5, 5.41) is 23.2. The first-order valence-electron chi connectivity index (χ1n) is 6.71. The molecule has 4 N–H and O–H groups in total. The van der Waals surface area contributed by atoms with Crippen LogP contribution in [0.2, 0.25) is 0 Å². The van der Waals surface area contributed by atoms with Crippen LogP contribution in [0, 0.1) is 5.82 Å². The number of ether oxygens (including phenoxy) is 1. The molecule has 4 atom stereocenters. The van der Waals surface area contributed by atoms with Crippen molar-refractivity contribution >= 4 is 16.9 Å². The van der Waals surface area contributed by atoms with Crippen molar-refractivity contribution in [1.29, 1.82) is 0 Å². The Morgan fingerprint density at radius 2 is 2.35 bits per heavy atom. The Balaban J connectivity index is 2.21. The number of azide groups is 1. The molecule has 0 aromatic carbocycles. The van der Waals surface area contributed by atoms with Gasteiger partial charge in [0.15, 0.2) is 11.5 Å². The molecule has 0 spiro atoms. The van der Waals surface area contributed by atoms with Crippen molar-refractivity contribution in [2.75, 3.05) is 12.3 Å². The lowest BCUT2D eigenvalue weighted by molar-refractivity contribution is -0.0455. The van der Waals surface area contributed by atoms with E-state index >= 15 is 0 Å². The molecule has 10 nitrogen and oxygen atoms in total. The SMILES string of the molecule is C[C@@]1(N=[N+]=[N-])[C@H](O)[C@@H](CO)O[C@@H]1n1cc(F)c2c(N)ncnc21. The molecule has 3 heterocycles. The van der Waals surface area contributed by atoms with Crippen LogP contribution in [0.4, 0.5) is 10.2 Å². The molecule has 2 aromatic rings. The fourth-order valence-electron chi connectivity index (χ4n) is 2.84. The summed E-state index contributed by atoms with van der Waals surface area (Å²) >= 11 is 0. The third kappa shape index (κ3) is 2.10. The number of aromatic nitrogens is 3. The molecule has 1 fully saturated rings. The summed E-state index contributed by atoms with van der Waals surface area (Å²) in [7, 11) is 0. The van der Waals surface area contributed by atoms with E-state index in [4.69, 9.17) is 16.0 Å². The summed E-state index contributed by atoms with van der Waals surface area (Å²) < 4.78 is 21.0. The molecule has 0 bridgehead atoms. The van der Waals surface area contributed by atoms with E-state index in [2.05, 4.69) is 20.0 Å². The smallest absolute Gasteiger partial charge is 0.154 e. The topological polar surface area (TPSA) is 155 Å². The monoisotopic (exact) mass is 323 g/mol. The maximum atomic E-state index is 14.2. The molecule has 3 rings (SSSR count). The highest BCUT2D eigenvalue weighted by Crippen LogP contribution is 2.43. The standard InChI is InChI=1S/C12H14FN7O3/c1-12(18-19-15)8(22)6(3-21)23-11(12)20-2-5(13)7-9(14)16-4-17-10(7)20/h2,4,6,8,11,21-22H,3H2,1H3,(H2,14,16,17)/t6-,8-,11+,12-/m1/s1. The first kappa shape index (κ1) is 15.4. The van der Waals surface area contributed by atoms with Gasteiger partial charge in [0.05, 0.1) is 18.1 Å². The van der Waals surface area contributed by atoms with Crippen LogP contribution in [-0.4, -0.2) is 49.1 Å². The molecule has 1 saturated heterocycles. The van der Waals surface area contributed by atoms with Gasteiger partial charge in [-0.05, 0) is 12.5 Å². The number of aliphatic hydroxyl groups is 2. The molecule has 1 aliphatic heterocycles. The van der Waals surface area contributed by atoms with Gasteiger partial charge in [0.25, 0.3) is 0 Å². The van der Waals surface area contributed by atoms with Gasteiger partial charge in [-0.25, -0.2) is 14.4 Å². The van der Waals surface area contributed by atoms with Crippen LogP contribution in [0.1, 0.15) is 13.2 Å². The molecule has 11 heteroatoms. The Bertz CT molecular complexity index is 805. The van der Waals surface area contributed by atoms with E-state index in [0.29, 0.717) is 0 Å². The Labute approximate surface area is 128 Å². The predicted octanol–water partition coefficient (Wildman–Crippen LogP) is 0.472. The number of aliphatic hydroxyl groups excluding tert-OH is 2. The van der Waals surface area contributed by atoms with Gasteiger partial charge in [-0.1, -0.05) is 5.11 Å². The Hall–Kier alpha value is -2.46. The zero-order valence-electron chi connectivity index (χ0n) is 12.0. The average molecular weight is 323 g/mol. The first-order valence-corrected chi connectivity index (χ1v) is 6.71. The number of hydrogen-bond acceptors (Lipinski definition) is 7. The average Bonchev–Trinajstić information content (AvgIpc) is 2.97. The van der Waals surface area contributed by atoms with E-state index in [0.717, 1.165) is 12.5 Å². The molecule has 0 unspecified atom stereocenters. The lowest BCUT2D eigenvalue weighted by Crippen LogP contribution is -2.42. The lowest BCUT2D eigenvalue weighted by Gasteiger charge is -2.28. The number of nitrogens with zero attached hydrogens (tertiary/aromatic N) is 6. The van der Waals surface area contributed by atoms with Gasteiger partial charge in [0.1, 0.15) is 30.0 Å². The van der Waals surface area contributed by atoms with Gasteiger partial charge in [-0.15, -0.1) is 0 Å². The van der Waals surface area contributed by atoms with Gasteiger partial charge in [-0.3, -0.25) is 0 Å². The van der Waals surface area contributed by atoms with E-state index in [1.54, 1.807) is 0 Å². The highest BCUT2D eigenvalue weighted by Gasteiger charge is 2.54. The molecule has 23 heavy (non-hydrogen) atoms. The number of hydrogen-bond donors (Lipinski definition) is 3. The molecular formula is C12H14FN7O3. The normalized spacial score (nSPS) is 30.5. The van der Waals surface area contributed by atoms with Gasteiger partial charge in [-0.2, -0.15) is 0 Å². The second-order valence-electron chi connectivity index (χ2n) is 5.41. The highest BCUT2D eigenvalue weighted by atomic mass is 19.1. The number of anilines is 1. The fraction of sp³-hybridized carbons (Fsp3) is 0.500. The van der Waals surface area contributed by atoms with Crippen LogP contribution in [0.15, 0.2) is 17.6 Å². The number of fused-ring (bicyclic) bond motifs is 1. The second-order valence-corrected chi connectivity index (χ2v) is 5.41. The van der Waals surface area contributed by atoms with Gasteiger partial charge in [0, 0.05) is 11.1 Å². The number of nitrogens with two attached hydrogens (primary N) is 1. The van der Waals surface area contributed by atoms with Gasteiger partial charge in [0.2, 0.25) is 0 Å². The third-order valence-electron chi connectivity index (χ3n) is 4.04. The summed E-state index contributed by atoms with van der Waals surface area (Å²) in [5.41, 5.74) is 13.1. The lowest BCUT2D eigenvalue weighted by atomic mass is 9.93.